The van der Waals surface area contributed by atoms with Gasteiger partial charge in [-0.15, -0.1) is 0 Å². The molecule has 4 heteroatoms. The first-order valence-corrected chi connectivity index (χ1v) is 7.91. The molecule has 0 amide bonds. The smallest absolute Gasteiger partial charge is 0.137 e. The van der Waals surface area contributed by atoms with Crippen LogP contribution in [-0.4, -0.2) is 54.7 Å². The van der Waals surface area contributed by atoms with Gasteiger partial charge in [-0.1, -0.05) is 13.8 Å². The number of ether oxygens (including phenoxy) is 1. The second-order valence-electron chi connectivity index (χ2n) is 7.13. The Morgan fingerprint density at radius 3 is 2.60 bits per heavy atom. The maximum Gasteiger partial charge on any atom is 0.137 e. The van der Waals surface area contributed by atoms with Crippen molar-refractivity contribution in [2.75, 3.05) is 33.4 Å². The normalized spacial score (nSPS) is 34.5. The zero-order chi connectivity index (χ0) is 14.8. The Balaban J connectivity index is 1.87. The third kappa shape index (κ3) is 4.03. The minimum Gasteiger partial charge on any atom is -0.388 e. The zero-order valence-electron chi connectivity index (χ0n) is 13.1. The van der Waals surface area contributed by atoms with E-state index in [1.54, 1.807) is 0 Å². The lowest BCUT2D eigenvalue weighted by atomic mass is 9.74. The van der Waals surface area contributed by atoms with Crippen LogP contribution in [0.15, 0.2) is 0 Å². The number of carbonyl (C=O) groups excluding carboxylic acids is 1. The number of rotatable bonds is 4. The van der Waals surface area contributed by atoms with Gasteiger partial charge in [0.15, 0.2) is 0 Å². The van der Waals surface area contributed by atoms with Gasteiger partial charge in [0.05, 0.1) is 5.60 Å². The van der Waals surface area contributed by atoms with Gasteiger partial charge in [-0.2, -0.15) is 0 Å². The second-order valence-corrected chi connectivity index (χ2v) is 7.13. The predicted molar refractivity (Wildman–Crippen MR) is 78.6 cm³/mol. The van der Waals surface area contributed by atoms with Crippen LogP contribution >= 0.6 is 0 Å². The van der Waals surface area contributed by atoms with Crippen molar-refractivity contribution in [1.82, 2.24) is 4.90 Å². The van der Waals surface area contributed by atoms with Gasteiger partial charge in [-0.05, 0) is 25.3 Å². The van der Waals surface area contributed by atoms with Gasteiger partial charge in [0.25, 0.3) is 0 Å². The lowest BCUT2D eigenvalue weighted by Crippen LogP contribution is -2.48. The Bertz CT molecular complexity index is 339. The van der Waals surface area contributed by atoms with E-state index in [1.165, 1.54) is 0 Å². The summed E-state index contributed by atoms with van der Waals surface area (Å²) in [7, 11) is 2.02. The molecule has 4 nitrogen and oxygen atoms in total. The summed E-state index contributed by atoms with van der Waals surface area (Å²) in [6, 6.07) is 0. The van der Waals surface area contributed by atoms with Crippen molar-refractivity contribution < 1.29 is 14.6 Å². The topological polar surface area (TPSA) is 49.8 Å². The molecule has 0 aromatic heterocycles. The summed E-state index contributed by atoms with van der Waals surface area (Å²) < 4.78 is 5.31. The van der Waals surface area contributed by atoms with Crippen LogP contribution in [0.3, 0.4) is 0 Å². The Morgan fingerprint density at radius 2 is 2.00 bits per heavy atom. The van der Waals surface area contributed by atoms with Gasteiger partial charge in [-0.3, -0.25) is 4.79 Å². The fourth-order valence-corrected chi connectivity index (χ4v) is 3.79. The molecule has 1 N–H and O–H groups in total. The highest BCUT2D eigenvalue weighted by Gasteiger charge is 2.35. The Kier molecular flexibility index (Phi) is 5.21. The Hall–Kier alpha value is -0.450. The molecule has 2 fully saturated rings. The maximum absolute atomic E-state index is 12.2. The van der Waals surface area contributed by atoms with E-state index in [1.807, 2.05) is 7.05 Å². The molecular weight excluding hydrogens is 254 g/mol. The lowest BCUT2D eigenvalue weighted by Gasteiger charge is -2.38. The average Bonchev–Trinajstić information content (AvgIpc) is 2.34. The van der Waals surface area contributed by atoms with Crippen LogP contribution in [0.4, 0.5) is 0 Å². The summed E-state index contributed by atoms with van der Waals surface area (Å²) in [5.41, 5.74) is -0.638. The minimum atomic E-state index is -0.638. The molecule has 116 valence electrons. The molecule has 1 heterocycles. The van der Waals surface area contributed by atoms with E-state index in [0.29, 0.717) is 50.2 Å². The predicted octanol–water partition coefficient (Wildman–Crippen LogP) is 1.71. The highest BCUT2D eigenvalue weighted by Crippen LogP contribution is 2.32. The Labute approximate surface area is 122 Å². The molecule has 0 bridgehead atoms. The van der Waals surface area contributed by atoms with Crippen molar-refractivity contribution in [3.63, 3.8) is 0 Å². The molecule has 1 aliphatic carbocycles. The molecule has 3 atom stereocenters. The molecule has 0 radical (unpaired) electrons. The number of aliphatic hydroxyl groups is 1. The van der Waals surface area contributed by atoms with Crippen molar-refractivity contribution in [1.29, 1.82) is 0 Å². The third-order valence-corrected chi connectivity index (χ3v) is 4.92. The molecule has 2 aliphatic rings. The first-order chi connectivity index (χ1) is 9.39. The highest BCUT2D eigenvalue weighted by atomic mass is 16.5. The number of nitrogens with zero attached hydrogens (tertiary/aromatic N) is 1. The number of hydrogen-bond acceptors (Lipinski definition) is 4. The van der Waals surface area contributed by atoms with E-state index in [-0.39, 0.29) is 5.92 Å². The first kappa shape index (κ1) is 15.9. The van der Waals surface area contributed by atoms with Crippen molar-refractivity contribution in [2.45, 2.75) is 45.1 Å². The lowest BCUT2D eigenvalue weighted by molar-refractivity contribution is -0.129. The number of carbonyl (C=O) groups is 1. The largest absolute Gasteiger partial charge is 0.388 e. The van der Waals surface area contributed by atoms with Crippen LogP contribution in [0.5, 0.6) is 0 Å². The molecule has 2 rings (SSSR count). The molecule has 20 heavy (non-hydrogen) atoms. The third-order valence-electron chi connectivity index (χ3n) is 4.92. The van der Waals surface area contributed by atoms with Crippen molar-refractivity contribution in [3.8, 4) is 0 Å². The SMILES string of the molecule is CC1CC(=O)C(CN(C)CC2(O)CCOCC2)C(C)C1. The standard InChI is InChI=1S/C16H29NO3/c1-12-8-13(2)14(15(18)9-12)10-17(3)11-16(19)4-6-20-7-5-16/h12-14,19H,4-11H2,1-3H3. The van der Waals surface area contributed by atoms with E-state index in [9.17, 15) is 9.90 Å². The summed E-state index contributed by atoms with van der Waals surface area (Å²) in [5, 5.41) is 10.5. The fraction of sp³-hybridized carbons (Fsp3) is 0.938. The van der Waals surface area contributed by atoms with Gasteiger partial charge < -0.3 is 14.7 Å². The molecule has 0 aromatic rings. The minimum absolute atomic E-state index is 0.139. The monoisotopic (exact) mass is 283 g/mol. The summed E-state index contributed by atoms with van der Waals surface area (Å²) in [6.07, 6.45) is 3.26. The van der Waals surface area contributed by atoms with Crippen LogP contribution in [0.25, 0.3) is 0 Å². The Morgan fingerprint density at radius 1 is 1.35 bits per heavy atom. The number of likely N-dealkylation sites (N-methyl/N-ethyl adjacent to an activating group) is 1. The van der Waals surface area contributed by atoms with E-state index >= 15 is 0 Å². The van der Waals surface area contributed by atoms with Crippen LogP contribution in [-0.2, 0) is 9.53 Å². The maximum atomic E-state index is 12.2. The van der Waals surface area contributed by atoms with Crippen molar-refractivity contribution >= 4 is 5.78 Å². The molecule has 1 saturated carbocycles. The summed E-state index contributed by atoms with van der Waals surface area (Å²) in [6.45, 7) is 7.05. The van der Waals surface area contributed by atoms with Gasteiger partial charge in [0, 0.05) is 51.5 Å². The van der Waals surface area contributed by atoms with Crippen molar-refractivity contribution in [2.24, 2.45) is 17.8 Å². The molecule has 1 saturated heterocycles. The summed E-state index contributed by atoms with van der Waals surface area (Å²) in [5.74, 6) is 1.53. The summed E-state index contributed by atoms with van der Waals surface area (Å²) in [4.78, 5) is 14.4. The summed E-state index contributed by atoms with van der Waals surface area (Å²) >= 11 is 0. The molecule has 1 aliphatic heterocycles. The first-order valence-electron chi connectivity index (χ1n) is 7.91. The van der Waals surface area contributed by atoms with Crippen LogP contribution < -0.4 is 0 Å². The quantitative estimate of drug-likeness (QED) is 0.853. The number of Topliss-reactive ketones (excluding diaryl/α,β-unsaturated/α-hetero) is 1. The van der Waals surface area contributed by atoms with Crippen LogP contribution in [0.2, 0.25) is 0 Å². The van der Waals surface area contributed by atoms with Gasteiger partial charge in [0.1, 0.15) is 5.78 Å². The zero-order valence-corrected chi connectivity index (χ0v) is 13.1. The fourth-order valence-electron chi connectivity index (χ4n) is 3.79. The van der Waals surface area contributed by atoms with Gasteiger partial charge in [0.2, 0.25) is 0 Å². The van der Waals surface area contributed by atoms with E-state index in [4.69, 9.17) is 4.74 Å². The second kappa shape index (κ2) is 6.54. The molecular formula is C16H29NO3. The van der Waals surface area contributed by atoms with Crippen molar-refractivity contribution in [3.05, 3.63) is 0 Å². The average molecular weight is 283 g/mol. The van der Waals surface area contributed by atoms with E-state index in [0.717, 1.165) is 19.4 Å². The van der Waals surface area contributed by atoms with E-state index in [2.05, 4.69) is 18.7 Å². The number of hydrogen-bond donors (Lipinski definition) is 1. The molecule has 0 spiro atoms. The van der Waals surface area contributed by atoms with Gasteiger partial charge >= 0.3 is 0 Å². The van der Waals surface area contributed by atoms with Crippen LogP contribution in [0.1, 0.15) is 39.5 Å². The molecule has 0 aromatic carbocycles. The highest BCUT2D eigenvalue weighted by molar-refractivity contribution is 5.82. The molecule has 3 unspecified atom stereocenters. The van der Waals surface area contributed by atoms with E-state index < -0.39 is 5.60 Å². The van der Waals surface area contributed by atoms with Crippen LogP contribution in [0, 0.1) is 17.8 Å². The number of ketones is 1. The van der Waals surface area contributed by atoms with Gasteiger partial charge in [-0.25, -0.2) is 0 Å².